The number of ether oxygens (including phenoxy) is 2. The molecule has 22 heavy (non-hydrogen) atoms. The Morgan fingerprint density at radius 3 is 2.68 bits per heavy atom. The number of nitrogens with one attached hydrogen (secondary N) is 1. The van der Waals surface area contributed by atoms with Gasteiger partial charge in [0.1, 0.15) is 5.75 Å². The fourth-order valence-corrected chi connectivity index (χ4v) is 3.05. The first-order valence-corrected chi connectivity index (χ1v) is 7.61. The molecule has 0 bridgehead atoms. The van der Waals surface area contributed by atoms with Crippen molar-refractivity contribution in [3.05, 3.63) is 29.8 Å². The molecule has 0 aromatic heterocycles. The van der Waals surface area contributed by atoms with E-state index < -0.39 is 6.04 Å². The zero-order chi connectivity index (χ0) is 14.7. The molecule has 0 saturated carbocycles. The molecule has 3 N–H and O–H groups in total. The number of para-hydroxylation sites is 1. The molecule has 6 heteroatoms. The van der Waals surface area contributed by atoms with E-state index >= 15 is 0 Å². The molecule has 2 unspecified atom stereocenters. The summed E-state index contributed by atoms with van der Waals surface area (Å²) >= 11 is 0. The van der Waals surface area contributed by atoms with Crippen LogP contribution in [0.5, 0.6) is 5.75 Å². The van der Waals surface area contributed by atoms with Crippen LogP contribution in [0.4, 0.5) is 0 Å². The zero-order valence-corrected chi connectivity index (χ0v) is 13.3. The second-order valence-corrected chi connectivity index (χ2v) is 5.71. The Bertz CT molecular complexity index is 506. The average molecular weight is 327 g/mol. The molecule has 2 aliphatic rings. The number of carbonyl (C=O) groups is 1. The lowest BCUT2D eigenvalue weighted by molar-refractivity contribution is -0.125. The first kappa shape index (κ1) is 17.1. The molecule has 1 aromatic rings. The number of halogens is 1. The Labute approximate surface area is 137 Å². The number of fused-ring (bicyclic) bond motifs is 1. The van der Waals surface area contributed by atoms with E-state index in [9.17, 15) is 4.79 Å². The van der Waals surface area contributed by atoms with E-state index in [-0.39, 0.29) is 30.3 Å². The van der Waals surface area contributed by atoms with Crippen LogP contribution in [-0.4, -0.2) is 31.8 Å². The largest absolute Gasteiger partial charge is 0.493 e. The standard InChI is InChI=1S/C16H22N2O3.ClH/c17-15(11-5-8-20-9-6-11)16(19)18-13-7-10-21-14-4-2-1-3-12(13)14;/h1-4,11,13,15H,5-10,17H2,(H,18,19);1H. The van der Waals surface area contributed by atoms with E-state index in [1.807, 2.05) is 24.3 Å². The van der Waals surface area contributed by atoms with Gasteiger partial charge in [0.2, 0.25) is 5.91 Å². The number of amides is 1. The Hall–Kier alpha value is -1.30. The maximum absolute atomic E-state index is 12.4. The molecule has 5 nitrogen and oxygen atoms in total. The highest BCUT2D eigenvalue weighted by molar-refractivity contribution is 5.85. The van der Waals surface area contributed by atoms with E-state index in [0.717, 1.165) is 30.6 Å². The van der Waals surface area contributed by atoms with Crippen molar-refractivity contribution in [1.29, 1.82) is 0 Å². The molecule has 2 heterocycles. The monoisotopic (exact) mass is 326 g/mol. The summed E-state index contributed by atoms with van der Waals surface area (Å²) in [5.74, 6) is 1.01. The normalized spacial score (nSPS) is 22.7. The molecule has 0 aliphatic carbocycles. The van der Waals surface area contributed by atoms with E-state index in [0.29, 0.717) is 19.8 Å². The topological polar surface area (TPSA) is 73.6 Å². The number of benzene rings is 1. The van der Waals surface area contributed by atoms with Crippen LogP contribution >= 0.6 is 12.4 Å². The van der Waals surface area contributed by atoms with Gasteiger partial charge in [0.25, 0.3) is 0 Å². The number of nitrogens with two attached hydrogens (primary N) is 1. The summed E-state index contributed by atoms with van der Waals surface area (Å²) in [7, 11) is 0. The summed E-state index contributed by atoms with van der Waals surface area (Å²) in [5, 5.41) is 3.09. The number of rotatable bonds is 3. The zero-order valence-electron chi connectivity index (χ0n) is 12.5. The van der Waals surface area contributed by atoms with E-state index in [2.05, 4.69) is 5.32 Å². The molecule has 0 spiro atoms. The van der Waals surface area contributed by atoms with Gasteiger partial charge in [-0.3, -0.25) is 4.79 Å². The highest BCUT2D eigenvalue weighted by Crippen LogP contribution is 2.31. The third kappa shape index (κ3) is 3.72. The minimum Gasteiger partial charge on any atom is -0.493 e. The average Bonchev–Trinajstić information content (AvgIpc) is 2.55. The lowest BCUT2D eigenvalue weighted by Crippen LogP contribution is -2.48. The summed E-state index contributed by atoms with van der Waals surface area (Å²) in [6.07, 6.45) is 2.50. The van der Waals surface area contributed by atoms with Gasteiger partial charge >= 0.3 is 0 Å². The van der Waals surface area contributed by atoms with Crippen LogP contribution < -0.4 is 15.8 Å². The Morgan fingerprint density at radius 1 is 1.18 bits per heavy atom. The van der Waals surface area contributed by atoms with E-state index in [4.69, 9.17) is 15.2 Å². The van der Waals surface area contributed by atoms with Crippen LogP contribution in [0.3, 0.4) is 0 Å². The third-order valence-electron chi connectivity index (χ3n) is 4.35. The Morgan fingerprint density at radius 2 is 1.91 bits per heavy atom. The van der Waals surface area contributed by atoms with Crippen molar-refractivity contribution in [3.8, 4) is 5.75 Å². The minimum absolute atomic E-state index is 0. The SMILES string of the molecule is Cl.NC(C(=O)NC1CCOc2ccccc21)C1CCOCC1. The lowest BCUT2D eigenvalue weighted by atomic mass is 9.91. The molecule has 0 radical (unpaired) electrons. The summed E-state index contributed by atoms with van der Waals surface area (Å²) < 4.78 is 10.9. The van der Waals surface area contributed by atoms with Gasteiger partial charge in [0.15, 0.2) is 0 Å². The van der Waals surface area contributed by atoms with Crippen LogP contribution in [-0.2, 0) is 9.53 Å². The van der Waals surface area contributed by atoms with Gasteiger partial charge in [-0.15, -0.1) is 12.4 Å². The number of hydrogen-bond acceptors (Lipinski definition) is 4. The van der Waals surface area contributed by atoms with Gasteiger partial charge in [-0.05, 0) is 24.8 Å². The molecular formula is C16H23ClN2O3. The van der Waals surface area contributed by atoms with Gasteiger partial charge in [0.05, 0.1) is 18.7 Å². The van der Waals surface area contributed by atoms with E-state index in [1.54, 1.807) is 0 Å². The second kappa shape index (κ2) is 7.81. The van der Waals surface area contributed by atoms with Crippen LogP contribution in [0.2, 0.25) is 0 Å². The van der Waals surface area contributed by atoms with Crippen molar-refractivity contribution < 1.29 is 14.3 Å². The Balaban J connectivity index is 0.00000176. The molecule has 2 atom stereocenters. The van der Waals surface area contributed by atoms with Crippen molar-refractivity contribution in [2.75, 3.05) is 19.8 Å². The summed E-state index contributed by atoms with van der Waals surface area (Å²) in [6, 6.07) is 7.38. The molecule has 1 amide bonds. The highest BCUT2D eigenvalue weighted by atomic mass is 35.5. The molecule has 1 aromatic carbocycles. The fraction of sp³-hybridized carbons (Fsp3) is 0.562. The predicted octanol–water partition coefficient (Wildman–Crippen LogP) is 1.80. The molecule has 1 fully saturated rings. The summed E-state index contributed by atoms with van der Waals surface area (Å²) in [5.41, 5.74) is 7.17. The van der Waals surface area contributed by atoms with Crippen molar-refractivity contribution >= 4 is 18.3 Å². The number of hydrogen-bond donors (Lipinski definition) is 2. The van der Waals surface area contributed by atoms with Gasteiger partial charge in [0, 0.05) is 25.2 Å². The summed E-state index contributed by atoms with van der Waals surface area (Å²) in [6.45, 7) is 2.02. The van der Waals surface area contributed by atoms with Gasteiger partial charge in [-0.1, -0.05) is 18.2 Å². The molecule has 3 rings (SSSR count). The minimum atomic E-state index is -0.455. The maximum atomic E-state index is 12.4. The van der Waals surface area contributed by atoms with Crippen LogP contribution in [0.1, 0.15) is 30.9 Å². The van der Waals surface area contributed by atoms with Crippen LogP contribution in [0, 0.1) is 5.92 Å². The highest BCUT2D eigenvalue weighted by Gasteiger charge is 2.29. The van der Waals surface area contributed by atoms with Gasteiger partial charge in [-0.2, -0.15) is 0 Å². The van der Waals surface area contributed by atoms with Crippen LogP contribution in [0.25, 0.3) is 0 Å². The Kier molecular flexibility index (Phi) is 6.06. The second-order valence-electron chi connectivity index (χ2n) is 5.71. The lowest BCUT2D eigenvalue weighted by Gasteiger charge is -2.30. The van der Waals surface area contributed by atoms with Crippen molar-refractivity contribution in [1.82, 2.24) is 5.32 Å². The first-order valence-electron chi connectivity index (χ1n) is 7.61. The molecular weight excluding hydrogens is 304 g/mol. The third-order valence-corrected chi connectivity index (χ3v) is 4.35. The smallest absolute Gasteiger partial charge is 0.237 e. The maximum Gasteiger partial charge on any atom is 0.237 e. The molecule has 122 valence electrons. The van der Waals surface area contributed by atoms with Gasteiger partial charge in [-0.25, -0.2) is 0 Å². The van der Waals surface area contributed by atoms with Gasteiger partial charge < -0.3 is 20.5 Å². The quantitative estimate of drug-likeness (QED) is 0.888. The molecule has 1 saturated heterocycles. The number of carbonyl (C=O) groups excluding carboxylic acids is 1. The van der Waals surface area contributed by atoms with Crippen molar-refractivity contribution in [2.45, 2.75) is 31.3 Å². The van der Waals surface area contributed by atoms with Crippen LogP contribution in [0.15, 0.2) is 24.3 Å². The van der Waals surface area contributed by atoms with E-state index in [1.165, 1.54) is 0 Å². The van der Waals surface area contributed by atoms with Crippen molar-refractivity contribution in [2.24, 2.45) is 11.7 Å². The first-order chi connectivity index (χ1) is 10.3. The fourth-order valence-electron chi connectivity index (χ4n) is 3.05. The summed E-state index contributed by atoms with van der Waals surface area (Å²) in [4.78, 5) is 12.4. The predicted molar refractivity (Wildman–Crippen MR) is 86.2 cm³/mol. The van der Waals surface area contributed by atoms with Crippen molar-refractivity contribution in [3.63, 3.8) is 0 Å². The molecule has 2 aliphatic heterocycles.